The van der Waals surface area contributed by atoms with Gasteiger partial charge in [0.2, 0.25) is 5.95 Å². The van der Waals surface area contributed by atoms with Gasteiger partial charge in [-0.25, -0.2) is 15.0 Å². The Hall–Kier alpha value is -2.74. The SMILES string of the molecule is CN(C)CCCNc1ccc(C(=O)N2CCN(c3ncccn3)CC2)nc1. The Morgan fingerprint density at radius 2 is 1.85 bits per heavy atom. The third-order valence-corrected chi connectivity index (χ3v) is 4.50. The zero-order chi connectivity index (χ0) is 19.1. The maximum absolute atomic E-state index is 12.7. The maximum atomic E-state index is 12.7. The van der Waals surface area contributed by atoms with E-state index in [0.717, 1.165) is 38.3 Å². The van der Waals surface area contributed by atoms with Crippen LogP contribution in [0.3, 0.4) is 0 Å². The molecule has 1 amide bonds. The highest BCUT2D eigenvalue weighted by Crippen LogP contribution is 2.13. The van der Waals surface area contributed by atoms with Crippen molar-refractivity contribution in [2.75, 3.05) is 63.6 Å². The van der Waals surface area contributed by atoms with Crippen LogP contribution in [0.25, 0.3) is 0 Å². The summed E-state index contributed by atoms with van der Waals surface area (Å²) in [4.78, 5) is 31.7. The molecule has 1 N–H and O–H groups in total. The van der Waals surface area contributed by atoms with Crippen molar-refractivity contribution in [2.45, 2.75) is 6.42 Å². The summed E-state index contributed by atoms with van der Waals surface area (Å²) in [5, 5.41) is 3.34. The van der Waals surface area contributed by atoms with Gasteiger partial charge in [-0.1, -0.05) is 0 Å². The second-order valence-electron chi connectivity index (χ2n) is 6.84. The number of piperazine rings is 1. The fourth-order valence-corrected chi connectivity index (χ4v) is 2.98. The molecule has 0 spiro atoms. The number of hydrogen-bond donors (Lipinski definition) is 1. The molecule has 1 saturated heterocycles. The molecule has 2 aromatic heterocycles. The van der Waals surface area contributed by atoms with Gasteiger partial charge in [-0.15, -0.1) is 0 Å². The first-order valence-electron chi connectivity index (χ1n) is 9.29. The largest absolute Gasteiger partial charge is 0.384 e. The first-order valence-corrected chi connectivity index (χ1v) is 9.29. The highest BCUT2D eigenvalue weighted by Gasteiger charge is 2.23. The van der Waals surface area contributed by atoms with Crippen LogP contribution < -0.4 is 10.2 Å². The minimum Gasteiger partial charge on any atom is -0.384 e. The van der Waals surface area contributed by atoms with Gasteiger partial charge >= 0.3 is 0 Å². The number of hydrogen-bond acceptors (Lipinski definition) is 7. The predicted molar refractivity (Wildman–Crippen MR) is 106 cm³/mol. The molecule has 144 valence electrons. The summed E-state index contributed by atoms with van der Waals surface area (Å²) < 4.78 is 0. The van der Waals surface area contributed by atoms with Crippen LogP contribution in [0.1, 0.15) is 16.9 Å². The molecule has 8 heteroatoms. The molecule has 0 saturated carbocycles. The van der Waals surface area contributed by atoms with E-state index in [1.165, 1.54) is 0 Å². The molecule has 0 unspecified atom stereocenters. The highest BCUT2D eigenvalue weighted by molar-refractivity contribution is 5.92. The van der Waals surface area contributed by atoms with Crippen LogP contribution in [-0.2, 0) is 0 Å². The van der Waals surface area contributed by atoms with E-state index in [2.05, 4.69) is 44.2 Å². The summed E-state index contributed by atoms with van der Waals surface area (Å²) >= 11 is 0. The number of carbonyl (C=O) groups excluding carboxylic acids is 1. The van der Waals surface area contributed by atoms with Crippen molar-refractivity contribution in [1.82, 2.24) is 24.8 Å². The summed E-state index contributed by atoms with van der Waals surface area (Å²) in [5.41, 5.74) is 1.43. The minimum atomic E-state index is -0.0252. The van der Waals surface area contributed by atoms with Gasteiger partial charge < -0.3 is 20.0 Å². The molecule has 1 aliphatic heterocycles. The lowest BCUT2D eigenvalue weighted by atomic mass is 10.2. The van der Waals surface area contributed by atoms with Crippen molar-refractivity contribution in [3.63, 3.8) is 0 Å². The summed E-state index contributed by atoms with van der Waals surface area (Å²) in [5.74, 6) is 0.690. The Bertz CT molecular complexity index is 713. The summed E-state index contributed by atoms with van der Waals surface area (Å²) in [6.07, 6.45) is 6.26. The Labute approximate surface area is 160 Å². The van der Waals surface area contributed by atoms with E-state index >= 15 is 0 Å². The topological polar surface area (TPSA) is 77.5 Å². The molecule has 3 rings (SSSR count). The van der Waals surface area contributed by atoms with Crippen LogP contribution in [-0.4, -0.2) is 84.0 Å². The first-order chi connectivity index (χ1) is 13.1. The zero-order valence-corrected chi connectivity index (χ0v) is 16.0. The molecule has 3 heterocycles. The van der Waals surface area contributed by atoms with Gasteiger partial charge in [0, 0.05) is 45.1 Å². The molecule has 0 radical (unpaired) electrons. The van der Waals surface area contributed by atoms with Gasteiger partial charge in [-0.05, 0) is 45.3 Å². The highest BCUT2D eigenvalue weighted by atomic mass is 16.2. The number of aromatic nitrogens is 3. The lowest BCUT2D eigenvalue weighted by molar-refractivity contribution is 0.0740. The van der Waals surface area contributed by atoms with E-state index in [-0.39, 0.29) is 5.91 Å². The summed E-state index contributed by atoms with van der Waals surface area (Å²) in [6.45, 7) is 4.66. The molecule has 2 aromatic rings. The number of nitrogens with zero attached hydrogens (tertiary/aromatic N) is 6. The average molecular weight is 369 g/mol. The van der Waals surface area contributed by atoms with Crippen molar-refractivity contribution in [3.05, 3.63) is 42.5 Å². The van der Waals surface area contributed by atoms with Crippen molar-refractivity contribution in [1.29, 1.82) is 0 Å². The van der Waals surface area contributed by atoms with E-state index in [1.807, 2.05) is 11.0 Å². The molecule has 8 nitrogen and oxygen atoms in total. The molecule has 0 atom stereocenters. The molecule has 0 bridgehead atoms. The van der Waals surface area contributed by atoms with Crippen molar-refractivity contribution in [3.8, 4) is 0 Å². The Kier molecular flexibility index (Phi) is 6.54. The van der Waals surface area contributed by atoms with E-state index in [9.17, 15) is 4.79 Å². The number of nitrogens with one attached hydrogen (secondary N) is 1. The van der Waals surface area contributed by atoms with Crippen LogP contribution in [0.4, 0.5) is 11.6 Å². The third-order valence-electron chi connectivity index (χ3n) is 4.50. The summed E-state index contributed by atoms with van der Waals surface area (Å²) in [6, 6.07) is 5.52. The van der Waals surface area contributed by atoms with Crippen LogP contribution >= 0.6 is 0 Å². The fraction of sp³-hybridized carbons (Fsp3) is 0.474. The van der Waals surface area contributed by atoms with E-state index < -0.39 is 0 Å². The zero-order valence-electron chi connectivity index (χ0n) is 16.0. The average Bonchev–Trinajstić information content (AvgIpc) is 2.72. The maximum Gasteiger partial charge on any atom is 0.272 e. The number of carbonyl (C=O) groups is 1. The van der Waals surface area contributed by atoms with Gasteiger partial charge in [0.05, 0.1) is 11.9 Å². The number of anilines is 2. The minimum absolute atomic E-state index is 0.0252. The number of rotatable bonds is 7. The second-order valence-corrected chi connectivity index (χ2v) is 6.84. The molecule has 1 aliphatic rings. The van der Waals surface area contributed by atoms with Crippen LogP contribution in [0.2, 0.25) is 0 Å². The van der Waals surface area contributed by atoms with Crippen LogP contribution in [0, 0.1) is 0 Å². The van der Waals surface area contributed by atoms with Gasteiger partial charge in [-0.3, -0.25) is 4.79 Å². The lowest BCUT2D eigenvalue weighted by Crippen LogP contribution is -2.49. The lowest BCUT2D eigenvalue weighted by Gasteiger charge is -2.34. The third kappa shape index (κ3) is 5.37. The molecular weight excluding hydrogens is 342 g/mol. The normalized spacial score (nSPS) is 14.5. The Balaban J connectivity index is 1.48. The van der Waals surface area contributed by atoms with Gasteiger partial charge in [-0.2, -0.15) is 0 Å². The van der Waals surface area contributed by atoms with Gasteiger partial charge in [0.1, 0.15) is 5.69 Å². The van der Waals surface area contributed by atoms with E-state index in [1.54, 1.807) is 30.7 Å². The Morgan fingerprint density at radius 1 is 1.11 bits per heavy atom. The molecular formula is C19H27N7O. The summed E-state index contributed by atoms with van der Waals surface area (Å²) in [7, 11) is 4.13. The molecule has 0 aromatic carbocycles. The Morgan fingerprint density at radius 3 is 2.48 bits per heavy atom. The second kappa shape index (κ2) is 9.27. The first kappa shape index (κ1) is 19.0. The molecule has 27 heavy (non-hydrogen) atoms. The van der Waals surface area contributed by atoms with Crippen molar-refractivity contribution >= 4 is 17.5 Å². The van der Waals surface area contributed by atoms with Gasteiger partial charge in [0.25, 0.3) is 5.91 Å². The smallest absolute Gasteiger partial charge is 0.272 e. The van der Waals surface area contributed by atoms with E-state index in [0.29, 0.717) is 24.7 Å². The number of amides is 1. The van der Waals surface area contributed by atoms with Crippen molar-refractivity contribution < 1.29 is 4.79 Å². The molecule has 1 fully saturated rings. The fourth-order valence-electron chi connectivity index (χ4n) is 2.98. The van der Waals surface area contributed by atoms with Crippen LogP contribution in [0.15, 0.2) is 36.8 Å². The quantitative estimate of drug-likeness (QED) is 0.735. The van der Waals surface area contributed by atoms with E-state index in [4.69, 9.17) is 0 Å². The standard InChI is InChI=1S/C19H27N7O/c1-24(2)10-4-9-20-16-5-6-17(23-15-16)18(27)25-11-13-26(14-12-25)19-21-7-3-8-22-19/h3,5-8,15,20H,4,9-14H2,1-2H3. The monoisotopic (exact) mass is 369 g/mol. The number of pyridine rings is 1. The van der Waals surface area contributed by atoms with Crippen LogP contribution in [0.5, 0.6) is 0 Å². The van der Waals surface area contributed by atoms with Gasteiger partial charge in [0.15, 0.2) is 0 Å². The molecule has 0 aliphatic carbocycles. The van der Waals surface area contributed by atoms with Crippen molar-refractivity contribution in [2.24, 2.45) is 0 Å². The predicted octanol–water partition coefficient (Wildman–Crippen LogP) is 1.20.